The number of nitrogens with zero attached hydrogens (tertiary/aromatic N) is 1. The molecule has 2 nitrogen and oxygen atoms in total. The zero-order valence-electron chi connectivity index (χ0n) is 9.16. The molecule has 0 unspecified atom stereocenters. The second kappa shape index (κ2) is 4.85. The SMILES string of the molecule is COc1ccc(C)cc1-c1nc(CCl)cs1. The summed E-state index contributed by atoms with van der Waals surface area (Å²) in [7, 11) is 1.67. The average Bonchev–Trinajstić information content (AvgIpc) is 2.77. The van der Waals surface area contributed by atoms with E-state index >= 15 is 0 Å². The molecule has 16 heavy (non-hydrogen) atoms. The number of benzene rings is 1. The van der Waals surface area contributed by atoms with Crippen LogP contribution in [0.3, 0.4) is 0 Å². The van der Waals surface area contributed by atoms with Gasteiger partial charge in [0.25, 0.3) is 0 Å². The first-order valence-corrected chi connectivity index (χ1v) is 6.31. The molecule has 1 aromatic heterocycles. The molecule has 0 spiro atoms. The summed E-state index contributed by atoms with van der Waals surface area (Å²) in [6.45, 7) is 2.05. The zero-order valence-corrected chi connectivity index (χ0v) is 10.7. The molecule has 0 radical (unpaired) electrons. The highest BCUT2D eigenvalue weighted by Gasteiger charge is 2.10. The van der Waals surface area contributed by atoms with Crippen LogP contribution < -0.4 is 4.74 Å². The first-order chi connectivity index (χ1) is 7.74. The molecule has 0 amide bonds. The Morgan fingerprint density at radius 2 is 2.25 bits per heavy atom. The Balaban J connectivity index is 2.49. The van der Waals surface area contributed by atoms with Crippen molar-refractivity contribution in [3.63, 3.8) is 0 Å². The van der Waals surface area contributed by atoms with Gasteiger partial charge in [-0.2, -0.15) is 0 Å². The molecule has 0 saturated carbocycles. The van der Waals surface area contributed by atoms with Crippen molar-refractivity contribution in [2.45, 2.75) is 12.8 Å². The van der Waals surface area contributed by atoms with Crippen LogP contribution >= 0.6 is 22.9 Å². The second-order valence-electron chi connectivity index (χ2n) is 3.48. The van der Waals surface area contributed by atoms with Crippen LogP contribution in [0.2, 0.25) is 0 Å². The van der Waals surface area contributed by atoms with Crippen molar-refractivity contribution >= 4 is 22.9 Å². The van der Waals surface area contributed by atoms with Crippen molar-refractivity contribution in [2.24, 2.45) is 0 Å². The molecule has 84 valence electrons. The average molecular weight is 254 g/mol. The second-order valence-corrected chi connectivity index (χ2v) is 4.61. The van der Waals surface area contributed by atoms with Gasteiger partial charge in [-0.1, -0.05) is 11.6 Å². The normalized spacial score (nSPS) is 10.4. The Bertz CT molecular complexity index is 496. The number of hydrogen-bond donors (Lipinski definition) is 0. The largest absolute Gasteiger partial charge is 0.496 e. The van der Waals surface area contributed by atoms with Crippen molar-refractivity contribution in [2.75, 3.05) is 7.11 Å². The first kappa shape index (κ1) is 11.4. The molecule has 0 aliphatic carbocycles. The van der Waals surface area contributed by atoms with Gasteiger partial charge in [0, 0.05) is 5.38 Å². The molecule has 2 aromatic rings. The van der Waals surface area contributed by atoms with Crippen molar-refractivity contribution in [3.8, 4) is 16.3 Å². The van der Waals surface area contributed by atoms with E-state index < -0.39 is 0 Å². The summed E-state index contributed by atoms with van der Waals surface area (Å²) in [5.74, 6) is 1.30. The predicted molar refractivity (Wildman–Crippen MR) is 68.4 cm³/mol. The summed E-state index contributed by atoms with van der Waals surface area (Å²) in [6, 6.07) is 6.07. The number of ether oxygens (including phenoxy) is 1. The van der Waals surface area contributed by atoms with Crippen LogP contribution in [0.1, 0.15) is 11.3 Å². The van der Waals surface area contributed by atoms with E-state index in [4.69, 9.17) is 16.3 Å². The van der Waals surface area contributed by atoms with Crippen LogP contribution in [0.4, 0.5) is 0 Å². The fourth-order valence-corrected chi connectivity index (χ4v) is 2.55. The topological polar surface area (TPSA) is 22.1 Å². The van der Waals surface area contributed by atoms with Gasteiger partial charge >= 0.3 is 0 Å². The van der Waals surface area contributed by atoms with Gasteiger partial charge in [0.1, 0.15) is 10.8 Å². The number of rotatable bonds is 3. The van der Waals surface area contributed by atoms with Crippen LogP contribution in [0.25, 0.3) is 10.6 Å². The number of halogens is 1. The lowest BCUT2D eigenvalue weighted by Crippen LogP contribution is -1.88. The van der Waals surface area contributed by atoms with Gasteiger partial charge in [0.15, 0.2) is 0 Å². The number of aromatic nitrogens is 1. The van der Waals surface area contributed by atoms with E-state index in [1.807, 2.05) is 17.5 Å². The zero-order chi connectivity index (χ0) is 11.5. The van der Waals surface area contributed by atoms with E-state index in [0.29, 0.717) is 5.88 Å². The number of aryl methyl sites for hydroxylation is 1. The lowest BCUT2D eigenvalue weighted by atomic mass is 10.1. The molecular weight excluding hydrogens is 242 g/mol. The van der Waals surface area contributed by atoms with Gasteiger partial charge in [0.05, 0.1) is 24.2 Å². The minimum Gasteiger partial charge on any atom is -0.496 e. The number of thiazole rings is 1. The molecule has 0 aliphatic heterocycles. The molecule has 0 aliphatic rings. The van der Waals surface area contributed by atoms with E-state index in [0.717, 1.165) is 22.0 Å². The molecule has 2 rings (SSSR count). The quantitative estimate of drug-likeness (QED) is 0.775. The summed E-state index contributed by atoms with van der Waals surface area (Å²) >= 11 is 7.34. The van der Waals surface area contributed by atoms with Crippen molar-refractivity contribution in [3.05, 3.63) is 34.8 Å². The van der Waals surface area contributed by atoms with E-state index in [2.05, 4.69) is 18.0 Å². The molecule has 1 heterocycles. The minimum atomic E-state index is 0.449. The standard InChI is InChI=1S/C12H12ClNOS/c1-8-3-4-11(15-2)10(5-8)12-14-9(6-13)7-16-12/h3-5,7H,6H2,1-2H3. The Morgan fingerprint density at radius 1 is 1.44 bits per heavy atom. The molecule has 0 saturated heterocycles. The Labute approximate surface area is 104 Å². The molecule has 0 fully saturated rings. The highest BCUT2D eigenvalue weighted by molar-refractivity contribution is 7.13. The van der Waals surface area contributed by atoms with E-state index in [1.54, 1.807) is 18.4 Å². The van der Waals surface area contributed by atoms with Crippen LogP contribution in [0.5, 0.6) is 5.75 Å². The van der Waals surface area contributed by atoms with Crippen molar-refractivity contribution < 1.29 is 4.74 Å². The summed E-state index contributed by atoms with van der Waals surface area (Å²) in [6.07, 6.45) is 0. The summed E-state index contributed by atoms with van der Waals surface area (Å²) < 4.78 is 5.33. The predicted octanol–water partition coefficient (Wildman–Crippen LogP) is 3.87. The Morgan fingerprint density at radius 3 is 2.88 bits per heavy atom. The summed E-state index contributed by atoms with van der Waals surface area (Å²) in [5.41, 5.74) is 3.13. The monoisotopic (exact) mass is 253 g/mol. The number of alkyl halides is 1. The van der Waals surface area contributed by atoms with Gasteiger partial charge in [-0.15, -0.1) is 22.9 Å². The number of methoxy groups -OCH3 is 1. The van der Waals surface area contributed by atoms with Crippen molar-refractivity contribution in [1.29, 1.82) is 0 Å². The Kier molecular flexibility index (Phi) is 3.46. The van der Waals surface area contributed by atoms with Crippen LogP contribution in [-0.4, -0.2) is 12.1 Å². The Hall–Kier alpha value is -1.06. The summed E-state index contributed by atoms with van der Waals surface area (Å²) in [5, 5.41) is 2.93. The minimum absolute atomic E-state index is 0.449. The summed E-state index contributed by atoms with van der Waals surface area (Å²) in [4.78, 5) is 4.46. The van der Waals surface area contributed by atoms with Gasteiger partial charge in [-0.05, 0) is 19.1 Å². The first-order valence-electron chi connectivity index (χ1n) is 4.90. The van der Waals surface area contributed by atoms with Gasteiger partial charge < -0.3 is 4.74 Å². The van der Waals surface area contributed by atoms with Gasteiger partial charge in [-0.25, -0.2) is 4.98 Å². The maximum atomic E-state index is 5.75. The fourth-order valence-electron chi connectivity index (χ4n) is 1.48. The van der Waals surface area contributed by atoms with Gasteiger partial charge in [0.2, 0.25) is 0 Å². The van der Waals surface area contributed by atoms with Crippen LogP contribution in [0.15, 0.2) is 23.6 Å². The van der Waals surface area contributed by atoms with Gasteiger partial charge in [-0.3, -0.25) is 0 Å². The highest BCUT2D eigenvalue weighted by Crippen LogP contribution is 2.33. The molecule has 0 atom stereocenters. The molecule has 1 aromatic carbocycles. The highest BCUT2D eigenvalue weighted by atomic mass is 35.5. The third kappa shape index (κ3) is 2.20. The maximum Gasteiger partial charge on any atom is 0.129 e. The molecule has 0 bridgehead atoms. The van der Waals surface area contributed by atoms with E-state index in [1.165, 1.54) is 5.56 Å². The molecule has 4 heteroatoms. The van der Waals surface area contributed by atoms with Crippen LogP contribution in [0, 0.1) is 6.92 Å². The smallest absolute Gasteiger partial charge is 0.129 e. The molecule has 0 N–H and O–H groups in total. The third-order valence-electron chi connectivity index (χ3n) is 2.27. The van der Waals surface area contributed by atoms with Crippen LogP contribution in [-0.2, 0) is 5.88 Å². The maximum absolute atomic E-state index is 5.75. The van der Waals surface area contributed by atoms with Crippen molar-refractivity contribution in [1.82, 2.24) is 4.98 Å². The lowest BCUT2D eigenvalue weighted by Gasteiger charge is -2.06. The molecular formula is C12H12ClNOS. The number of hydrogen-bond acceptors (Lipinski definition) is 3. The van der Waals surface area contributed by atoms with E-state index in [9.17, 15) is 0 Å². The third-order valence-corrected chi connectivity index (χ3v) is 3.47. The van der Waals surface area contributed by atoms with E-state index in [-0.39, 0.29) is 0 Å². The fraction of sp³-hybridized carbons (Fsp3) is 0.250. The lowest BCUT2D eigenvalue weighted by molar-refractivity contribution is 0.416.